The molecule has 126 valence electrons. The number of amides is 2. The number of hydrogen-bond acceptors (Lipinski definition) is 3. The van der Waals surface area contributed by atoms with E-state index in [1.165, 1.54) is 0 Å². The summed E-state index contributed by atoms with van der Waals surface area (Å²) in [5.41, 5.74) is 2.64. The number of rotatable bonds is 3. The van der Waals surface area contributed by atoms with Gasteiger partial charge in [-0.15, -0.1) is 0 Å². The third-order valence-electron chi connectivity index (χ3n) is 3.94. The van der Waals surface area contributed by atoms with Crippen molar-refractivity contribution in [3.8, 4) is 11.5 Å². The second-order valence-electron chi connectivity index (χ2n) is 5.75. The number of fused-ring (bicyclic) bond motifs is 1. The van der Waals surface area contributed by atoms with Crippen LogP contribution in [0.15, 0.2) is 36.4 Å². The zero-order valence-electron chi connectivity index (χ0n) is 13.6. The quantitative estimate of drug-likeness (QED) is 0.889. The van der Waals surface area contributed by atoms with Crippen LogP contribution < -0.4 is 20.1 Å². The van der Waals surface area contributed by atoms with Crippen LogP contribution in [0.4, 0.5) is 10.5 Å². The van der Waals surface area contributed by atoms with Crippen molar-refractivity contribution in [3.63, 3.8) is 0 Å². The number of halogens is 1. The van der Waals surface area contributed by atoms with E-state index in [4.69, 9.17) is 21.1 Å². The Labute approximate surface area is 145 Å². The predicted molar refractivity (Wildman–Crippen MR) is 94.3 cm³/mol. The highest BCUT2D eigenvalue weighted by molar-refractivity contribution is 6.31. The monoisotopic (exact) mass is 346 g/mol. The van der Waals surface area contributed by atoms with Crippen molar-refractivity contribution in [1.29, 1.82) is 0 Å². The van der Waals surface area contributed by atoms with E-state index in [0.29, 0.717) is 23.7 Å². The number of nitrogens with one attached hydrogen (secondary N) is 2. The Morgan fingerprint density at radius 1 is 1.29 bits per heavy atom. The van der Waals surface area contributed by atoms with Crippen molar-refractivity contribution in [2.24, 2.45) is 0 Å². The minimum Gasteiger partial charge on any atom is -0.497 e. The Bertz CT molecular complexity index is 764. The van der Waals surface area contributed by atoms with Gasteiger partial charge in [0.2, 0.25) is 0 Å². The maximum atomic E-state index is 12.2. The number of methoxy groups -OCH3 is 1. The predicted octanol–water partition coefficient (Wildman–Crippen LogP) is 3.78. The molecule has 2 aromatic carbocycles. The average molecular weight is 347 g/mol. The Kier molecular flexibility index (Phi) is 4.81. The van der Waals surface area contributed by atoms with Crippen LogP contribution in [0.2, 0.25) is 5.02 Å². The van der Waals surface area contributed by atoms with Crippen LogP contribution in [-0.4, -0.2) is 25.8 Å². The van der Waals surface area contributed by atoms with Gasteiger partial charge in [-0.1, -0.05) is 17.7 Å². The molecular weight excluding hydrogens is 328 g/mol. The fourth-order valence-corrected chi connectivity index (χ4v) is 2.79. The van der Waals surface area contributed by atoms with E-state index in [0.717, 1.165) is 22.6 Å². The summed E-state index contributed by atoms with van der Waals surface area (Å²) >= 11 is 6.07. The smallest absolute Gasteiger partial charge is 0.319 e. The molecule has 0 spiro atoms. The summed E-state index contributed by atoms with van der Waals surface area (Å²) in [5.74, 6) is 1.61. The summed E-state index contributed by atoms with van der Waals surface area (Å²) in [4.78, 5) is 12.2. The molecule has 24 heavy (non-hydrogen) atoms. The number of hydrogen-bond donors (Lipinski definition) is 2. The van der Waals surface area contributed by atoms with Gasteiger partial charge in [0.05, 0.1) is 13.2 Å². The van der Waals surface area contributed by atoms with Crippen LogP contribution in [0.25, 0.3) is 0 Å². The first-order chi connectivity index (χ1) is 11.5. The summed E-state index contributed by atoms with van der Waals surface area (Å²) in [7, 11) is 1.63. The van der Waals surface area contributed by atoms with Crippen molar-refractivity contribution in [2.75, 3.05) is 19.0 Å². The topological polar surface area (TPSA) is 59.6 Å². The summed E-state index contributed by atoms with van der Waals surface area (Å²) in [6.07, 6.45) is 0.689. The lowest BCUT2D eigenvalue weighted by Gasteiger charge is -2.26. The van der Waals surface area contributed by atoms with Crippen molar-refractivity contribution in [3.05, 3.63) is 52.5 Å². The van der Waals surface area contributed by atoms with E-state index in [2.05, 4.69) is 10.6 Å². The van der Waals surface area contributed by atoms with Crippen LogP contribution in [0.3, 0.4) is 0 Å². The van der Waals surface area contributed by atoms with Gasteiger partial charge < -0.3 is 20.1 Å². The van der Waals surface area contributed by atoms with E-state index in [1.54, 1.807) is 13.2 Å². The first-order valence-corrected chi connectivity index (χ1v) is 8.06. The molecule has 3 rings (SSSR count). The molecule has 0 fully saturated rings. The van der Waals surface area contributed by atoms with Crippen LogP contribution >= 0.6 is 11.6 Å². The lowest BCUT2D eigenvalue weighted by molar-refractivity contribution is 0.222. The molecule has 1 atom stereocenters. The van der Waals surface area contributed by atoms with Crippen LogP contribution in [0, 0.1) is 6.92 Å². The molecule has 0 aromatic heterocycles. The molecule has 2 N–H and O–H groups in total. The molecule has 1 aliphatic rings. The third kappa shape index (κ3) is 3.74. The summed E-state index contributed by atoms with van der Waals surface area (Å²) in [5, 5.41) is 6.33. The van der Waals surface area contributed by atoms with Gasteiger partial charge >= 0.3 is 6.03 Å². The minimum atomic E-state index is -0.283. The molecular formula is C18H19ClN2O3. The molecule has 6 heteroatoms. The van der Waals surface area contributed by atoms with Gasteiger partial charge in [-0.25, -0.2) is 4.79 Å². The highest BCUT2D eigenvalue weighted by atomic mass is 35.5. The van der Waals surface area contributed by atoms with Crippen molar-refractivity contribution >= 4 is 23.3 Å². The standard InChI is InChI=1S/C18H19ClN2O3/c1-11-3-4-13(9-16(11)19)20-18(22)21-14-7-12-8-15(23-2)5-6-17(12)24-10-14/h3-6,8-9,14H,7,10H2,1-2H3,(H2,20,21,22). The molecule has 0 aliphatic carbocycles. The summed E-state index contributed by atoms with van der Waals surface area (Å²) < 4.78 is 10.9. The molecule has 1 unspecified atom stereocenters. The fraction of sp³-hybridized carbons (Fsp3) is 0.278. The zero-order valence-corrected chi connectivity index (χ0v) is 14.3. The largest absolute Gasteiger partial charge is 0.497 e. The number of carbonyl (C=O) groups excluding carboxylic acids is 1. The van der Waals surface area contributed by atoms with Crippen LogP contribution in [0.5, 0.6) is 11.5 Å². The highest BCUT2D eigenvalue weighted by Crippen LogP contribution is 2.28. The van der Waals surface area contributed by atoms with Gasteiger partial charge in [0.15, 0.2) is 0 Å². The Hall–Kier alpha value is -2.40. The van der Waals surface area contributed by atoms with Gasteiger partial charge in [0.25, 0.3) is 0 Å². The van der Waals surface area contributed by atoms with E-state index in [-0.39, 0.29) is 12.1 Å². The molecule has 1 heterocycles. The lowest BCUT2D eigenvalue weighted by atomic mass is 10.0. The molecule has 0 saturated heterocycles. The number of carbonyl (C=O) groups is 1. The zero-order chi connectivity index (χ0) is 17.1. The molecule has 2 aromatic rings. The highest BCUT2D eigenvalue weighted by Gasteiger charge is 2.22. The molecule has 2 amide bonds. The third-order valence-corrected chi connectivity index (χ3v) is 4.35. The molecule has 5 nitrogen and oxygen atoms in total. The van der Waals surface area contributed by atoms with E-state index in [1.807, 2.05) is 37.3 Å². The van der Waals surface area contributed by atoms with Crippen LogP contribution in [0.1, 0.15) is 11.1 Å². The van der Waals surface area contributed by atoms with Crippen molar-refractivity contribution in [2.45, 2.75) is 19.4 Å². The minimum absolute atomic E-state index is 0.106. The average Bonchev–Trinajstić information content (AvgIpc) is 2.57. The maximum Gasteiger partial charge on any atom is 0.319 e. The lowest BCUT2D eigenvalue weighted by Crippen LogP contribution is -2.44. The Balaban J connectivity index is 1.61. The fourth-order valence-electron chi connectivity index (χ4n) is 2.61. The molecule has 0 bridgehead atoms. The second-order valence-corrected chi connectivity index (χ2v) is 6.16. The number of urea groups is 1. The SMILES string of the molecule is COc1ccc2c(c1)CC(NC(=O)Nc1ccc(C)c(Cl)c1)CO2. The van der Waals surface area contributed by atoms with Crippen molar-refractivity contribution < 1.29 is 14.3 Å². The van der Waals surface area contributed by atoms with Crippen LogP contribution in [-0.2, 0) is 6.42 Å². The second kappa shape index (κ2) is 7.01. The number of ether oxygens (including phenoxy) is 2. The first kappa shape index (κ1) is 16.5. The summed E-state index contributed by atoms with van der Waals surface area (Å²) in [6.45, 7) is 2.35. The maximum absolute atomic E-state index is 12.2. The van der Waals surface area contributed by atoms with Gasteiger partial charge in [0.1, 0.15) is 18.1 Å². The van der Waals surface area contributed by atoms with E-state index in [9.17, 15) is 4.79 Å². The Morgan fingerprint density at radius 3 is 2.88 bits per heavy atom. The number of aryl methyl sites for hydroxylation is 1. The van der Waals surface area contributed by atoms with Gasteiger partial charge in [0, 0.05) is 10.7 Å². The molecule has 1 aliphatic heterocycles. The van der Waals surface area contributed by atoms with Gasteiger partial charge in [-0.3, -0.25) is 0 Å². The number of benzene rings is 2. The normalized spacial score (nSPS) is 15.9. The van der Waals surface area contributed by atoms with E-state index < -0.39 is 0 Å². The van der Waals surface area contributed by atoms with Crippen molar-refractivity contribution in [1.82, 2.24) is 5.32 Å². The number of anilines is 1. The Morgan fingerprint density at radius 2 is 2.12 bits per heavy atom. The van der Waals surface area contributed by atoms with Gasteiger partial charge in [-0.05, 0) is 54.8 Å². The first-order valence-electron chi connectivity index (χ1n) is 7.68. The van der Waals surface area contributed by atoms with Gasteiger partial charge in [-0.2, -0.15) is 0 Å². The molecule has 0 radical (unpaired) electrons. The van der Waals surface area contributed by atoms with E-state index >= 15 is 0 Å². The summed E-state index contributed by atoms with van der Waals surface area (Å²) in [6, 6.07) is 10.7. The molecule has 0 saturated carbocycles.